The lowest BCUT2D eigenvalue weighted by Crippen LogP contribution is -2.25. The van der Waals surface area contributed by atoms with Crippen molar-refractivity contribution < 1.29 is 19.0 Å². The second-order valence-corrected chi connectivity index (χ2v) is 5.06. The molecule has 1 aromatic rings. The molecule has 0 bridgehead atoms. The van der Waals surface area contributed by atoms with Crippen molar-refractivity contribution in [1.29, 1.82) is 0 Å². The van der Waals surface area contributed by atoms with E-state index in [1.165, 1.54) is 0 Å². The molecule has 0 unspecified atom stereocenters. The molecule has 0 aliphatic carbocycles. The minimum absolute atomic E-state index is 0.109. The van der Waals surface area contributed by atoms with Crippen molar-refractivity contribution in [1.82, 2.24) is 5.32 Å². The number of hydrogen-bond acceptors (Lipinski definition) is 4. The minimum atomic E-state index is -0.109. The largest absolute Gasteiger partial charge is 0.486 e. The van der Waals surface area contributed by atoms with Crippen LogP contribution in [-0.2, 0) is 4.74 Å². The Morgan fingerprint density at radius 1 is 1.25 bits per heavy atom. The van der Waals surface area contributed by atoms with Gasteiger partial charge in [-0.15, -0.1) is 0 Å². The molecule has 1 aliphatic rings. The quantitative estimate of drug-likeness (QED) is 0.607. The molecule has 0 spiro atoms. The van der Waals surface area contributed by atoms with E-state index in [0.717, 1.165) is 11.8 Å². The van der Waals surface area contributed by atoms with Crippen LogP contribution in [0.1, 0.15) is 16.8 Å². The number of benzene rings is 1. The number of rotatable bonds is 7. The predicted molar refractivity (Wildman–Crippen MR) is 79.0 cm³/mol. The fourth-order valence-corrected chi connectivity index (χ4v) is 2.05. The molecule has 1 heterocycles. The lowest BCUT2D eigenvalue weighted by Gasteiger charge is -2.18. The number of amides is 1. The summed E-state index contributed by atoms with van der Waals surface area (Å²) in [7, 11) is 0. The van der Waals surface area contributed by atoms with Gasteiger partial charge in [0.1, 0.15) is 13.2 Å². The summed E-state index contributed by atoms with van der Waals surface area (Å²) in [4.78, 5) is 12.0. The van der Waals surface area contributed by atoms with Crippen LogP contribution in [0, 0.1) is 0 Å². The Labute approximate surface area is 126 Å². The molecule has 5 nitrogen and oxygen atoms in total. The van der Waals surface area contributed by atoms with Gasteiger partial charge >= 0.3 is 0 Å². The van der Waals surface area contributed by atoms with Crippen LogP contribution < -0.4 is 14.8 Å². The van der Waals surface area contributed by atoms with E-state index in [-0.39, 0.29) is 5.91 Å². The number of carbonyl (C=O) groups is 1. The standard InChI is InChI=1S/C14H18BrNO4/c15-4-7-18-6-1-5-16-14(17)11-2-3-12-13(10-11)20-9-8-19-12/h2-3,10H,1,4-9H2,(H,16,17). The molecule has 1 aromatic carbocycles. The van der Waals surface area contributed by atoms with Crippen LogP contribution in [0.15, 0.2) is 18.2 Å². The van der Waals surface area contributed by atoms with Crippen molar-refractivity contribution in [2.45, 2.75) is 6.42 Å². The molecular weight excluding hydrogens is 326 g/mol. The summed E-state index contributed by atoms with van der Waals surface area (Å²) in [6.07, 6.45) is 0.795. The fraction of sp³-hybridized carbons (Fsp3) is 0.500. The van der Waals surface area contributed by atoms with Gasteiger partial charge in [0, 0.05) is 24.0 Å². The molecule has 0 saturated heterocycles. The zero-order chi connectivity index (χ0) is 14.2. The smallest absolute Gasteiger partial charge is 0.251 e. The van der Waals surface area contributed by atoms with Crippen LogP contribution in [0.4, 0.5) is 0 Å². The molecule has 0 saturated carbocycles. The summed E-state index contributed by atoms with van der Waals surface area (Å²) >= 11 is 3.29. The predicted octanol–water partition coefficient (Wildman–Crippen LogP) is 1.99. The van der Waals surface area contributed by atoms with Gasteiger partial charge in [-0.05, 0) is 24.6 Å². The number of ether oxygens (including phenoxy) is 3. The Bertz CT molecular complexity index is 453. The van der Waals surface area contributed by atoms with Crippen LogP contribution in [0.25, 0.3) is 0 Å². The van der Waals surface area contributed by atoms with Crippen molar-refractivity contribution in [2.75, 3.05) is 38.3 Å². The first-order valence-electron chi connectivity index (χ1n) is 6.63. The van der Waals surface area contributed by atoms with Crippen LogP contribution in [0.2, 0.25) is 0 Å². The second-order valence-electron chi connectivity index (χ2n) is 4.27. The summed E-state index contributed by atoms with van der Waals surface area (Å²) in [5.41, 5.74) is 0.579. The lowest BCUT2D eigenvalue weighted by molar-refractivity contribution is 0.0943. The van der Waals surface area contributed by atoms with Gasteiger partial charge in [-0.1, -0.05) is 15.9 Å². The molecule has 110 valence electrons. The Morgan fingerprint density at radius 3 is 2.85 bits per heavy atom. The topological polar surface area (TPSA) is 56.8 Å². The van der Waals surface area contributed by atoms with Crippen LogP contribution in [-0.4, -0.2) is 44.2 Å². The third-order valence-corrected chi connectivity index (χ3v) is 3.10. The molecule has 1 aliphatic heterocycles. The number of halogens is 1. The number of fused-ring (bicyclic) bond motifs is 1. The van der Waals surface area contributed by atoms with Gasteiger partial charge in [0.05, 0.1) is 6.61 Å². The van der Waals surface area contributed by atoms with E-state index < -0.39 is 0 Å². The number of nitrogens with one attached hydrogen (secondary N) is 1. The summed E-state index contributed by atoms with van der Waals surface area (Å²) in [6.45, 7) is 2.99. The Kier molecular flexibility index (Phi) is 6.14. The third-order valence-electron chi connectivity index (χ3n) is 2.78. The molecule has 2 rings (SSSR count). The normalized spacial score (nSPS) is 13.1. The molecule has 0 radical (unpaired) electrons. The Hall–Kier alpha value is -1.27. The van der Waals surface area contributed by atoms with E-state index in [2.05, 4.69) is 21.2 Å². The van der Waals surface area contributed by atoms with Crippen molar-refractivity contribution in [3.63, 3.8) is 0 Å². The van der Waals surface area contributed by atoms with E-state index >= 15 is 0 Å². The maximum absolute atomic E-state index is 12.0. The first-order valence-corrected chi connectivity index (χ1v) is 7.75. The average molecular weight is 344 g/mol. The third kappa shape index (κ3) is 4.38. The van der Waals surface area contributed by atoms with Crippen LogP contribution in [0.3, 0.4) is 0 Å². The highest BCUT2D eigenvalue weighted by molar-refractivity contribution is 9.09. The zero-order valence-electron chi connectivity index (χ0n) is 11.2. The SMILES string of the molecule is O=C(NCCCOCCBr)c1ccc2c(c1)OCCO2. The number of alkyl halides is 1. The first-order chi connectivity index (χ1) is 9.81. The maximum Gasteiger partial charge on any atom is 0.251 e. The van der Waals surface area contributed by atoms with E-state index in [0.29, 0.717) is 50.0 Å². The molecule has 20 heavy (non-hydrogen) atoms. The summed E-state index contributed by atoms with van der Waals surface area (Å²) in [6, 6.07) is 5.22. The van der Waals surface area contributed by atoms with Gasteiger partial charge in [-0.2, -0.15) is 0 Å². The van der Waals surface area contributed by atoms with Crippen molar-refractivity contribution >= 4 is 21.8 Å². The number of hydrogen-bond donors (Lipinski definition) is 1. The Morgan fingerprint density at radius 2 is 2.05 bits per heavy atom. The van der Waals surface area contributed by atoms with E-state index in [9.17, 15) is 4.79 Å². The molecular formula is C14H18BrNO4. The van der Waals surface area contributed by atoms with E-state index in [4.69, 9.17) is 14.2 Å². The van der Waals surface area contributed by atoms with Gasteiger partial charge < -0.3 is 19.5 Å². The van der Waals surface area contributed by atoms with Crippen LogP contribution in [0.5, 0.6) is 11.5 Å². The summed E-state index contributed by atoms with van der Waals surface area (Å²) in [5.74, 6) is 1.21. The lowest BCUT2D eigenvalue weighted by atomic mass is 10.2. The molecule has 1 N–H and O–H groups in total. The minimum Gasteiger partial charge on any atom is -0.486 e. The molecule has 1 amide bonds. The molecule has 0 atom stereocenters. The summed E-state index contributed by atoms with van der Waals surface area (Å²) < 4.78 is 16.2. The monoisotopic (exact) mass is 343 g/mol. The van der Waals surface area contributed by atoms with Gasteiger partial charge in [-0.3, -0.25) is 4.79 Å². The highest BCUT2D eigenvalue weighted by atomic mass is 79.9. The zero-order valence-corrected chi connectivity index (χ0v) is 12.8. The summed E-state index contributed by atoms with van der Waals surface area (Å²) in [5, 5.41) is 3.69. The second kappa shape index (κ2) is 8.11. The Balaban J connectivity index is 1.77. The molecule has 6 heteroatoms. The van der Waals surface area contributed by atoms with Gasteiger partial charge in [0.25, 0.3) is 5.91 Å². The van der Waals surface area contributed by atoms with Crippen LogP contribution >= 0.6 is 15.9 Å². The average Bonchev–Trinajstić information content (AvgIpc) is 2.50. The van der Waals surface area contributed by atoms with Crippen molar-refractivity contribution in [2.24, 2.45) is 0 Å². The van der Waals surface area contributed by atoms with E-state index in [1.54, 1.807) is 18.2 Å². The van der Waals surface area contributed by atoms with E-state index in [1.807, 2.05) is 0 Å². The first kappa shape index (κ1) is 15.1. The number of carbonyl (C=O) groups excluding carboxylic acids is 1. The molecule has 0 aromatic heterocycles. The van der Waals surface area contributed by atoms with Gasteiger partial charge in [0.15, 0.2) is 11.5 Å². The highest BCUT2D eigenvalue weighted by Crippen LogP contribution is 2.30. The van der Waals surface area contributed by atoms with Gasteiger partial charge in [-0.25, -0.2) is 0 Å². The highest BCUT2D eigenvalue weighted by Gasteiger charge is 2.14. The van der Waals surface area contributed by atoms with Crippen molar-refractivity contribution in [3.8, 4) is 11.5 Å². The maximum atomic E-state index is 12.0. The van der Waals surface area contributed by atoms with Crippen molar-refractivity contribution in [3.05, 3.63) is 23.8 Å². The van der Waals surface area contributed by atoms with Gasteiger partial charge in [0.2, 0.25) is 0 Å². The fourth-order valence-electron chi connectivity index (χ4n) is 1.82. The molecule has 0 fully saturated rings.